The molecular weight excluding hydrogens is 238 g/mol. The van der Waals surface area contributed by atoms with Gasteiger partial charge in [-0.05, 0) is 30.5 Å². The zero-order valence-electron chi connectivity index (χ0n) is 11.9. The first-order valence-electron chi connectivity index (χ1n) is 6.95. The molecule has 0 saturated carbocycles. The van der Waals surface area contributed by atoms with E-state index in [1.807, 2.05) is 18.2 Å². The van der Waals surface area contributed by atoms with Crippen LogP contribution in [0.1, 0.15) is 42.6 Å². The molecule has 106 valence electrons. The second kappa shape index (κ2) is 7.92. The van der Waals surface area contributed by atoms with Gasteiger partial charge in [0.25, 0.3) is 0 Å². The van der Waals surface area contributed by atoms with Crippen LogP contribution in [0, 0.1) is 0 Å². The summed E-state index contributed by atoms with van der Waals surface area (Å²) in [6, 6.07) is 8.05. The lowest BCUT2D eigenvalue weighted by Gasteiger charge is -2.30. The van der Waals surface area contributed by atoms with Gasteiger partial charge in [0.05, 0.1) is 0 Å². The van der Waals surface area contributed by atoms with Crippen molar-refractivity contribution in [3.05, 3.63) is 35.4 Å². The molecule has 0 unspecified atom stereocenters. The lowest BCUT2D eigenvalue weighted by molar-refractivity contribution is 0.1000. The number of nitrogens with zero attached hydrogens (tertiary/aromatic N) is 1. The van der Waals surface area contributed by atoms with Crippen LogP contribution in [0.2, 0.25) is 0 Å². The van der Waals surface area contributed by atoms with Crippen molar-refractivity contribution >= 4 is 5.91 Å². The number of hydrogen-bond acceptors (Lipinski definition) is 3. The lowest BCUT2D eigenvalue weighted by Crippen LogP contribution is -2.37. The number of carbonyl (C=O) groups excluding carboxylic acids is 1. The molecule has 1 aromatic carbocycles. The van der Waals surface area contributed by atoms with E-state index in [2.05, 4.69) is 18.7 Å². The van der Waals surface area contributed by atoms with E-state index in [0.717, 1.165) is 31.5 Å². The topological polar surface area (TPSA) is 72.3 Å². The highest BCUT2D eigenvalue weighted by Crippen LogP contribution is 2.14. The Balaban J connectivity index is 2.83. The van der Waals surface area contributed by atoms with Crippen LogP contribution in [-0.4, -0.2) is 29.9 Å². The molecule has 4 heteroatoms. The molecule has 0 aliphatic carbocycles. The average Bonchev–Trinajstić information content (AvgIpc) is 2.40. The lowest BCUT2D eigenvalue weighted by atomic mass is 10.1. The van der Waals surface area contributed by atoms with Crippen molar-refractivity contribution in [2.75, 3.05) is 13.1 Å². The van der Waals surface area contributed by atoms with Crippen LogP contribution in [-0.2, 0) is 6.54 Å². The Labute approximate surface area is 115 Å². The third-order valence-corrected chi connectivity index (χ3v) is 3.47. The normalized spacial score (nSPS) is 11.2. The highest BCUT2D eigenvalue weighted by atomic mass is 16.1. The van der Waals surface area contributed by atoms with Gasteiger partial charge in [-0.2, -0.15) is 0 Å². The molecule has 1 rings (SSSR count). The van der Waals surface area contributed by atoms with Crippen LogP contribution in [0.15, 0.2) is 24.3 Å². The molecule has 0 aliphatic rings. The van der Waals surface area contributed by atoms with Crippen LogP contribution < -0.4 is 11.5 Å². The van der Waals surface area contributed by atoms with E-state index >= 15 is 0 Å². The number of hydrogen-bond donors (Lipinski definition) is 2. The Morgan fingerprint density at radius 2 is 2.00 bits per heavy atom. The van der Waals surface area contributed by atoms with Crippen LogP contribution in [0.25, 0.3) is 0 Å². The molecule has 0 saturated heterocycles. The minimum Gasteiger partial charge on any atom is -0.366 e. The van der Waals surface area contributed by atoms with E-state index in [0.29, 0.717) is 18.2 Å². The van der Waals surface area contributed by atoms with Gasteiger partial charge >= 0.3 is 0 Å². The maximum absolute atomic E-state index is 11.2. The third-order valence-electron chi connectivity index (χ3n) is 3.47. The Morgan fingerprint density at radius 1 is 1.32 bits per heavy atom. The molecule has 1 aromatic rings. The molecule has 0 spiro atoms. The van der Waals surface area contributed by atoms with E-state index in [1.165, 1.54) is 0 Å². The molecule has 4 nitrogen and oxygen atoms in total. The van der Waals surface area contributed by atoms with Crippen LogP contribution in [0.5, 0.6) is 0 Å². The van der Waals surface area contributed by atoms with E-state index in [1.54, 1.807) is 6.07 Å². The third kappa shape index (κ3) is 4.65. The summed E-state index contributed by atoms with van der Waals surface area (Å²) >= 11 is 0. The molecule has 0 radical (unpaired) electrons. The molecule has 0 fully saturated rings. The predicted molar refractivity (Wildman–Crippen MR) is 78.8 cm³/mol. The summed E-state index contributed by atoms with van der Waals surface area (Å²) in [5.74, 6) is -0.380. The summed E-state index contributed by atoms with van der Waals surface area (Å²) in [7, 11) is 0. The largest absolute Gasteiger partial charge is 0.366 e. The fraction of sp³-hybridized carbons (Fsp3) is 0.533. The number of carbonyl (C=O) groups is 1. The van der Waals surface area contributed by atoms with E-state index < -0.39 is 0 Å². The van der Waals surface area contributed by atoms with Crippen LogP contribution >= 0.6 is 0 Å². The summed E-state index contributed by atoms with van der Waals surface area (Å²) < 4.78 is 0. The van der Waals surface area contributed by atoms with Gasteiger partial charge in [-0.15, -0.1) is 0 Å². The minimum absolute atomic E-state index is 0.380. The maximum Gasteiger partial charge on any atom is 0.248 e. The molecule has 1 amide bonds. The zero-order chi connectivity index (χ0) is 14.3. The summed E-state index contributed by atoms with van der Waals surface area (Å²) in [4.78, 5) is 13.6. The van der Waals surface area contributed by atoms with Crippen molar-refractivity contribution in [1.82, 2.24) is 4.90 Å². The molecular formula is C15H25N3O. The van der Waals surface area contributed by atoms with Gasteiger partial charge in [-0.1, -0.05) is 26.0 Å². The molecule has 19 heavy (non-hydrogen) atoms. The highest BCUT2D eigenvalue weighted by Gasteiger charge is 2.15. The number of amides is 1. The van der Waals surface area contributed by atoms with E-state index in [9.17, 15) is 4.79 Å². The standard InChI is InChI=1S/C15H25N3O/c1-3-14(4-2)18(9-8-16)11-12-6-5-7-13(10-12)15(17)19/h5-7,10,14H,3-4,8-9,11,16H2,1-2H3,(H2,17,19). The number of rotatable bonds is 8. The van der Waals surface area contributed by atoms with Crippen LogP contribution in [0.4, 0.5) is 0 Å². The molecule has 0 bridgehead atoms. The van der Waals surface area contributed by atoms with Crippen LogP contribution in [0.3, 0.4) is 0 Å². The molecule has 4 N–H and O–H groups in total. The van der Waals surface area contributed by atoms with Gasteiger partial charge in [0.15, 0.2) is 0 Å². The van der Waals surface area contributed by atoms with Crippen molar-refractivity contribution < 1.29 is 4.79 Å². The Morgan fingerprint density at radius 3 is 2.53 bits per heavy atom. The number of nitrogens with two attached hydrogens (primary N) is 2. The molecule has 0 aliphatic heterocycles. The summed E-state index contributed by atoms with van der Waals surface area (Å²) in [5.41, 5.74) is 12.7. The fourth-order valence-electron chi connectivity index (χ4n) is 2.42. The van der Waals surface area contributed by atoms with Crippen molar-refractivity contribution in [1.29, 1.82) is 0 Å². The van der Waals surface area contributed by atoms with Gasteiger partial charge in [0.1, 0.15) is 0 Å². The molecule has 0 aromatic heterocycles. The monoisotopic (exact) mass is 263 g/mol. The quantitative estimate of drug-likeness (QED) is 0.750. The summed E-state index contributed by atoms with van der Waals surface area (Å²) in [6.45, 7) is 6.71. The second-order valence-electron chi connectivity index (χ2n) is 4.79. The summed E-state index contributed by atoms with van der Waals surface area (Å²) in [6.07, 6.45) is 2.21. The van der Waals surface area contributed by atoms with Gasteiger partial charge in [-0.25, -0.2) is 0 Å². The molecule has 0 heterocycles. The minimum atomic E-state index is -0.380. The van der Waals surface area contributed by atoms with E-state index in [4.69, 9.17) is 11.5 Å². The van der Waals surface area contributed by atoms with Crippen molar-refractivity contribution in [2.45, 2.75) is 39.3 Å². The first-order chi connectivity index (χ1) is 9.12. The highest BCUT2D eigenvalue weighted by molar-refractivity contribution is 5.92. The SMILES string of the molecule is CCC(CC)N(CCN)Cc1cccc(C(N)=O)c1. The molecule has 0 atom stereocenters. The Hall–Kier alpha value is -1.39. The van der Waals surface area contributed by atoms with Crippen molar-refractivity contribution in [2.24, 2.45) is 11.5 Å². The van der Waals surface area contributed by atoms with Gasteiger partial charge < -0.3 is 11.5 Å². The smallest absolute Gasteiger partial charge is 0.248 e. The first-order valence-corrected chi connectivity index (χ1v) is 6.95. The predicted octanol–water partition coefficient (Wildman–Crippen LogP) is 1.73. The van der Waals surface area contributed by atoms with Gasteiger partial charge in [0, 0.05) is 31.2 Å². The number of benzene rings is 1. The van der Waals surface area contributed by atoms with Gasteiger partial charge in [-0.3, -0.25) is 9.69 Å². The van der Waals surface area contributed by atoms with Crippen molar-refractivity contribution in [3.63, 3.8) is 0 Å². The zero-order valence-corrected chi connectivity index (χ0v) is 11.9. The van der Waals surface area contributed by atoms with Crippen molar-refractivity contribution in [3.8, 4) is 0 Å². The van der Waals surface area contributed by atoms with E-state index in [-0.39, 0.29) is 5.91 Å². The number of primary amides is 1. The second-order valence-corrected chi connectivity index (χ2v) is 4.79. The maximum atomic E-state index is 11.2. The first kappa shape index (κ1) is 15.7. The Bertz CT molecular complexity index is 402. The van der Waals surface area contributed by atoms with Gasteiger partial charge in [0.2, 0.25) is 5.91 Å². The Kier molecular flexibility index (Phi) is 6.53. The average molecular weight is 263 g/mol. The fourth-order valence-corrected chi connectivity index (χ4v) is 2.42. The summed E-state index contributed by atoms with van der Waals surface area (Å²) in [5, 5.41) is 0.